The minimum absolute atomic E-state index is 0.0358. The van der Waals surface area contributed by atoms with E-state index in [1.54, 1.807) is 26.0 Å². The van der Waals surface area contributed by atoms with E-state index in [-0.39, 0.29) is 29.9 Å². The third-order valence-corrected chi connectivity index (χ3v) is 5.98. The van der Waals surface area contributed by atoms with Crippen molar-refractivity contribution in [2.75, 3.05) is 6.61 Å². The molecule has 1 atom stereocenters. The molecule has 0 aliphatic heterocycles. The Morgan fingerprint density at radius 1 is 1.15 bits per heavy atom. The molecule has 27 heavy (non-hydrogen) atoms. The van der Waals surface area contributed by atoms with Crippen molar-refractivity contribution in [3.8, 4) is 0 Å². The molecular formula is C19H29NO6S. The lowest BCUT2D eigenvalue weighted by atomic mass is 10.1. The Balaban J connectivity index is 2.67. The molecule has 2 N–H and O–H groups in total. The van der Waals surface area contributed by atoms with Gasteiger partial charge in [0.25, 0.3) is 0 Å². The molecule has 1 rings (SSSR count). The summed E-state index contributed by atoms with van der Waals surface area (Å²) in [4.78, 5) is 23.7. The number of hydrogen-bond donors (Lipinski definition) is 2. The normalized spacial score (nSPS) is 13.4. The second kappa shape index (κ2) is 9.32. The van der Waals surface area contributed by atoms with Crippen LogP contribution >= 0.6 is 0 Å². The summed E-state index contributed by atoms with van der Waals surface area (Å²) >= 11 is 0. The number of hydrogen-bond acceptors (Lipinski definition) is 5. The molecule has 0 saturated carbocycles. The Bertz CT molecular complexity index is 747. The summed E-state index contributed by atoms with van der Waals surface area (Å²) in [5.41, 5.74) is 0.218. The van der Waals surface area contributed by atoms with E-state index < -0.39 is 33.0 Å². The topological polar surface area (TPSA) is 110 Å². The van der Waals surface area contributed by atoms with Crippen LogP contribution in [-0.2, 0) is 30.6 Å². The van der Waals surface area contributed by atoms with Crippen LogP contribution in [0.25, 0.3) is 0 Å². The summed E-state index contributed by atoms with van der Waals surface area (Å²) < 4.78 is 29.7. The van der Waals surface area contributed by atoms with E-state index in [0.29, 0.717) is 5.56 Å². The molecule has 1 amide bonds. The largest absolute Gasteiger partial charge is 0.480 e. The number of benzene rings is 1. The van der Waals surface area contributed by atoms with Crippen LogP contribution in [-0.4, -0.2) is 48.9 Å². The van der Waals surface area contributed by atoms with Gasteiger partial charge in [-0.2, -0.15) is 0 Å². The second-order valence-corrected chi connectivity index (χ2v) is 10.1. The summed E-state index contributed by atoms with van der Waals surface area (Å²) in [6, 6.07) is 5.01. The first kappa shape index (κ1) is 23.1. The lowest BCUT2D eigenvalue weighted by molar-refractivity contribution is -0.142. The van der Waals surface area contributed by atoms with Crippen LogP contribution in [0.15, 0.2) is 29.2 Å². The van der Waals surface area contributed by atoms with Gasteiger partial charge >= 0.3 is 5.97 Å². The number of carboxylic acid groups (broad SMARTS) is 1. The number of ether oxygens (including phenoxy) is 1. The van der Waals surface area contributed by atoms with Crippen molar-refractivity contribution in [2.45, 2.75) is 69.2 Å². The van der Waals surface area contributed by atoms with E-state index in [4.69, 9.17) is 4.74 Å². The maximum absolute atomic E-state index is 12.1. The van der Waals surface area contributed by atoms with Gasteiger partial charge in [-0.15, -0.1) is 0 Å². The van der Waals surface area contributed by atoms with Crippen LogP contribution in [0.3, 0.4) is 0 Å². The maximum Gasteiger partial charge on any atom is 0.326 e. The first-order valence-corrected chi connectivity index (χ1v) is 10.4. The zero-order valence-corrected chi connectivity index (χ0v) is 17.3. The zero-order valence-electron chi connectivity index (χ0n) is 16.5. The molecule has 0 heterocycles. The highest BCUT2D eigenvalue weighted by Gasteiger charge is 2.22. The fourth-order valence-corrected chi connectivity index (χ4v) is 3.30. The Labute approximate surface area is 161 Å². The van der Waals surface area contributed by atoms with Crippen molar-refractivity contribution in [3.63, 3.8) is 0 Å². The third kappa shape index (κ3) is 7.68. The molecule has 1 aromatic carbocycles. The van der Waals surface area contributed by atoms with Gasteiger partial charge in [0.15, 0.2) is 9.84 Å². The van der Waals surface area contributed by atoms with Gasteiger partial charge in [-0.05, 0) is 52.3 Å². The van der Waals surface area contributed by atoms with Gasteiger partial charge in [-0.1, -0.05) is 12.1 Å². The van der Waals surface area contributed by atoms with E-state index in [1.807, 2.05) is 20.8 Å². The molecule has 0 radical (unpaired) electrons. The molecule has 1 unspecified atom stereocenters. The summed E-state index contributed by atoms with van der Waals surface area (Å²) in [6.07, 6.45) is 0.121. The number of carboxylic acids is 1. The molecular weight excluding hydrogens is 370 g/mol. The van der Waals surface area contributed by atoms with Gasteiger partial charge in [0.05, 0.1) is 22.2 Å². The molecule has 152 valence electrons. The van der Waals surface area contributed by atoms with Crippen molar-refractivity contribution in [2.24, 2.45) is 0 Å². The summed E-state index contributed by atoms with van der Waals surface area (Å²) in [5, 5.41) is 11.2. The van der Waals surface area contributed by atoms with Crippen LogP contribution in [0.2, 0.25) is 0 Å². The van der Waals surface area contributed by atoms with Crippen LogP contribution < -0.4 is 5.32 Å². The quantitative estimate of drug-likeness (QED) is 0.659. The van der Waals surface area contributed by atoms with Gasteiger partial charge in [0, 0.05) is 13.0 Å². The molecule has 1 aromatic rings. The van der Waals surface area contributed by atoms with Gasteiger partial charge in [-0.25, -0.2) is 13.2 Å². The van der Waals surface area contributed by atoms with Gasteiger partial charge in [0.1, 0.15) is 6.04 Å². The average Bonchev–Trinajstić information content (AvgIpc) is 2.53. The predicted molar refractivity (Wildman–Crippen MR) is 102 cm³/mol. The van der Waals surface area contributed by atoms with Crippen LogP contribution in [0.1, 0.15) is 46.6 Å². The molecule has 8 heteroatoms. The number of sulfone groups is 1. The highest BCUT2D eigenvalue weighted by atomic mass is 32.2. The van der Waals surface area contributed by atoms with E-state index in [2.05, 4.69) is 5.32 Å². The second-order valence-electron chi connectivity index (χ2n) is 7.62. The van der Waals surface area contributed by atoms with E-state index in [9.17, 15) is 23.1 Å². The summed E-state index contributed by atoms with van der Waals surface area (Å²) in [6.45, 7) is 9.01. The highest BCUT2D eigenvalue weighted by molar-refractivity contribution is 7.92. The maximum atomic E-state index is 12.1. The average molecular weight is 400 g/mol. The van der Waals surface area contributed by atoms with Gasteiger partial charge < -0.3 is 15.2 Å². The molecule has 0 saturated heterocycles. The molecule has 0 aliphatic carbocycles. The van der Waals surface area contributed by atoms with Crippen molar-refractivity contribution in [3.05, 3.63) is 29.8 Å². The summed E-state index contributed by atoms with van der Waals surface area (Å²) in [7, 11) is -3.37. The fourth-order valence-electron chi connectivity index (χ4n) is 2.24. The fraction of sp³-hybridized carbons (Fsp3) is 0.579. The number of nitrogens with one attached hydrogen (secondary N) is 1. The van der Waals surface area contributed by atoms with E-state index >= 15 is 0 Å². The molecule has 0 aliphatic rings. The smallest absolute Gasteiger partial charge is 0.326 e. The first-order chi connectivity index (χ1) is 12.3. The van der Waals surface area contributed by atoms with Crippen LogP contribution in [0.5, 0.6) is 0 Å². The third-order valence-electron chi connectivity index (χ3n) is 3.81. The standard InChI is InChI=1S/C19H29NO6S/c1-13(2)27(24,25)15-8-6-14(7-9-15)12-17(21)20-16(18(22)23)10-11-26-19(3,4)5/h6-9,13,16H,10-12H2,1-5H3,(H,20,21)(H,22,23). The lowest BCUT2D eigenvalue weighted by Gasteiger charge is -2.21. The zero-order chi connectivity index (χ0) is 20.8. The molecule has 0 bridgehead atoms. The van der Waals surface area contributed by atoms with E-state index in [1.165, 1.54) is 12.1 Å². The molecule has 0 fully saturated rings. The minimum Gasteiger partial charge on any atom is -0.480 e. The lowest BCUT2D eigenvalue weighted by Crippen LogP contribution is -2.42. The van der Waals surface area contributed by atoms with Gasteiger partial charge in [-0.3, -0.25) is 4.79 Å². The predicted octanol–water partition coefficient (Wildman–Crippen LogP) is 2.19. The van der Waals surface area contributed by atoms with Crippen LogP contribution in [0.4, 0.5) is 0 Å². The van der Waals surface area contributed by atoms with Gasteiger partial charge in [0.2, 0.25) is 5.91 Å². The number of aliphatic carboxylic acids is 1. The van der Waals surface area contributed by atoms with Crippen molar-refractivity contribution in [1.82, 2.24) is 5.32 Å². The van der Waals surface area contributed by atoms with E-state index in [0.717, 1.165) is 0 Å². The SMILES string of the molecule is CC(C)S(=O)(=O)c1ccc(CC(=O)NC(CCOC(C)(C)C)C(=O)O)cc1. The Morgan fingerprint density at radius 3 is 2.15 bits per heavy atom. The van der Waals surface area contributed by atoms with Crippen molar-refractivity contribution < 1.29 is 27.9 Å². The van der Waals surface area contributed by atoms with Crippen molar-refractivity contribution >= 4 is 21.7 Å². The minimum atomic E-state index is -3.37. The molecule has 0 aromatic heterocycles. The number of carbonyl (C=O) groups excluding carboxylic acids is 1. The molecule has 0 spiro atoms. The number of rotatable bonds is 9. The highest BCUT2D eigenvalue weighted by Crippen LogP contribution is 2.17. The van der Waals surface area contributed by atoms with Crippen molar-refractivity contribution in [1.29, 1.82) is 0 Å². The Kier molecular flexibility index (Phi) is 7.98. The molecule has 7 nitrogen and oxygen atoms in total. The van der Waals surface area contributed by atoms with Crippen LogP contribution in [0, 0.1) is 0 Å². The Hall–Kier alpha value is -1.93. The number of amides is 1. The number of carbonyl (C=O) groups is 2. The first-order valence-electron chi connectivity index (χ1n) is 8.82. The monoisotopic (exact) mass is 399 g/mol. The summed E-state index contributed by atoms with van der Waals surface area (Å²) in [5.74, 6) is -1.57. The Morgan fingerprint density at radius 2 is 1.70 bits per heavy atom.